The number of rotatable bonds is 13. The number of hydrogen-bond donors (Lipinski definition) is 0. The van der Waals surface area contributed by atoms with Crippen molar-refractivity contribution in [2.75, 3.05) is 7.11 Å². The standard InChI is InChI=1S/C22H34O3/c1-4-5-6-7-8-9-10-11-12-13-14-15-17-20-22(2,25-20)19-16-18-21(23)24-3/h8-9,11-15,17,20H,4-7,10,16,18-19H2,1-3H3/b9-8-,12-11-,14-13+,17-15+/t20-,22-/m0/s1. The summed E-state index contributed by atoms with van der Waals surface area (Å²) in [6.45, 7) is 4.32. The zero-order chi connectivity index (χ0) is 18.4. The number of epoxide rings is 1. The van der Waals surface area contributed by atoms with E-state index in [-0.39, 0.29) is 17.7 Å². The van der Waals surface area contributed by atoms with Crippen LogP contribution in [0.25, 0.3) is 0 Å². The van der Waals surface area contributed by atoms with Crippen molar-refractivity contribution in [2.24, 2.45) is 0 Å². The van der Waals surface area contributed by atoms with E-state index in [1.807, 2.05) is 18.2 Å². The summed E-state index contributed by atoms with van der Waals surface area (Å²) >= 11 is 0. The summed E-state index contributed by atoms with van der Waals surface area (Å²) in [5.41, 5.74) is -0.114. The Bertz CT molecular complexity index is 488. The van der Waals surface area contributed by atoms with E-state index in [9.17, 15) is 4.79 Å². The zero-order valence-corrected chi connectivity index (χ0v) is 16.1. The van der Waals surface area contributed by atoms with Crippen LogP contribution in [0.1, 0.15) is 65.2 Å². The van der Waals surface area contributed by atoms with Crippen molar-refractivity contribution in [1.29, 1.82) is 0 Å². The number of methoxy groups -OCH3 is 1. The van der Waals surface area contributed by atoms with Gasteiger partial charge < -0.3 is 9.47 Å². The Morgan fingerprint density at radius 1 is 1.08 bits per heavy atom. The smallest absolute Gasteiger partial charge is 0.305 e. The van der Waals surface area contributed by atoms with Crippen LogP contribution in [0.15, 0.2) is 48.6 Å². The van der Waals surface area contributed by atoms with Crippen LogP contribution in [0.2, 0.25) is 0 Å². The van der Waals surface area contributed by atoms with Crippen molar-refractivity contribution >= 4 is 5.97 Å². The molecule has 1 aliphatic heterocycles. The Morgan fingerprint density at radius 2 is 1.88 bits per heavy atom. The third kappa shape index (κ3) is 10.1. The van der Waals surface area contributed by atoms with Crippen molar-refractivity contribution in [2.45, 2.75) is 76.9 Å². The quantitative estimate of drug-likeness (QED) is 0.141. The molecular weight excluding hydrogens is 312 g/mol. The molecule has 1 aliphatic rings. The van der Waals surface area contributed by atoms with Crippen LogP contribution in [0.4, 0.5) is 0 Å². The lowest BCUT2D eigenvalue weighted by Gasteiger charge is -2.04. The predicted molar refractivity (Wildman–Crippen MR) is 104 cm³/mol. The molecule has 0 unspecified atom stereocenters. The molecule has 0 amide bonds. The van der Waals surface area contributed by atoms with Crippen LogP contribution in [0, 0.1) is 0 Å². The van der Waals surface area contributed by atoms with Gasteiger partial charge in [0.1, 0.15) is 6.10 Å². The number of unbranched alkanes of at least 4 members (excludes halogenated alkanes) is 3. The maximum Gasteiger partial charge on any atom is 0.305 e. The second-order valence-corrected chi connectivity index (χ2v) is 6.68. The molecule has 2 atom stereocenters. The lowest BCUT2D eigenvalue weighted by molar-refractivity contribution is -0.140. The summed E-state index contributed by atoms with van der Waals surface area (Å²) in [5, 5.41) is 0. The summed E-state index contributed by atoms with van der Waals surface area (Å²) in [6, 6.07) is 0. The van der Waals surface area contributed by atoms with Crippen LogP contribution < -0.4 is 0 Å². The van der Waals surface area contributed by atoms with Gasteiger partial charge in [-0.1, -0.05) is 68.4 Å². The first-order valence-electron chi connectivity index (χ1n) is 9.52. The third-order valence-corrected chi connectivity index (χ3v) is 4.39. The average molecular weight is 347 g/mol. The molecule has 0 aliphatic carbocycles. The predicted octanol–water partition coefficient (Wildman–Crippen LogP) is 5.68. The molecule has 0 aromatic heterocycles. The first-order chi connectivity index (χ1) is 12.1. The van der Waals surface area contributed by atoms with Gasteiger partial charge in [0.2, 0.25) is 0 Å². The monoisotopic (exact) mass is 346 g/mol. The second kappa shape index (κ2) is 12.7. The van der Waals surface area contributed by atoms with E-state index < -0.39 is 0 Å². The number of allylic oxidation sites excluding steroid dienone is 7. The highest BCUT2D eigenvalue weighted by Crippen LogP contribution is 2.41. The minimum absolute atomic E-state index is 0.114. The van der Waals surface area contributed by atoms with E-state index in [0.717, 1.165) is 19.3 Å². The summed E-state index contributed by atoms with van der Waals surface area (Å²) in [4.78, 5) is 11.1. The topological polar surface area (TPSA) is 38.8 Å². The van der Waals surface area contributed by atoms with Crippen LogP contribution in [-0.2, 0) is 14.3 Å². The van der Waals surface area contributed by atoms with Gasteiger partial charge in [0.15, 0.2) is 0 Å². The molecular formula is C22H34O3. The molecule has 1 fully saturated rings. The first kappa shape index (κ1) is 21.4. The number of carbonyl (C=O) groups excluding carboxylic acids is 1. The average Bonchev–Trinajstić information content (AvgIpc) is 3.25. The fraction of sp³-hybridized carbons (Fsp3) is 0.591. The zero-order valence-electron chi connectivity index (χ0n) is 16.1. The molecule has 1 heterocycles. The summed E-state index contributed by atoms with van der Waals surface area (Å²) < 4.78 is 10.4. The Hall–Kier alpha value is -1.61. The molecule has 1 saturated heterocycles. The Labute approximate surface area is 153 Å². The van der Waals surface area contributed by atoms with E-state index in [4.69, 9.17) is 4.74 Å². The third-order valence-electron chi connectivity index (χ3n) is 4.39. The lowest BCUT2D eigenvalue weighted by Crippen LogP contribution is -2.10. The largest absolute Gasteiger partial charge is 0.469 e. The highest BCUT2D eigenvalue weighted by Gasteiger charge is 2.49. The Morgan fingerprint density at radius 3 is 2.64 bits per heavy atom. The van der Waals surface area contributed by atoms with Gasteiger partial charge in [-0.3, -0.25) is 4.79 Å². The fourth-order valence-electron chi connectivity index (χ4n) is 2.64. The highest BCUT2D eigenvalue weighted by molar-refractivity contribution is 5.69. The Kier molecular flexibility index (Phi) is 10.9. The minimum Gasteiger partial charge on any atom is -0.469 e. The summed E-state index contributed by atoms with van der Waals surface area (Å²) in [5.74, 6) is -0.151. The van der Waals surface area contributed by atoms with E-state index in [1.54, 1.807) is 0 Å². The molecule has 3 heteroatoms. The number of esters is 1. The second-order valence-electron chi connectivity index (χ2n) is 6.68. The van der Waals surface area contributed by atoms with Crippen molar-refractivity contribution in [1.82, 2.24) is 0 Å². The van der Waals surface area contributed by atoms with E-state index >= 15 is 0 Å². The van der Waals surface area contributed by atoms with E-state index in [2.05, 4.69) is 49.0 Å². The van der Waals surface area contributed by atoms with Crippen LogP contribution in [-0.4, -0.2) is 24.8 Å². The van der Waals surface area contributed by atoms with E-state index in [1.165, 1.54) is 32.8 Å². The van der Waals surface area contributed by atoms with Gasteiger partial charge in [-0.15, -0.1) is 0 Å². The van der Waals surface area contributed by atoms with Crippen molar-refractivity contribution in [3.8, 4) is 0 Å². The molecule has 0 aromatic rings. The maximum atomic E-state index is 11.1. The highest BCUT2D eigenvalue weighted by atomic mass is 16.6. The van der Waals surface area contributed by atoms with Crippen LogP contribution >= 0.6 is 0 Å². The Balaban J connectivity index is 2.10. The lowest BCUT2D eigenvalue weighted by atomic mass is 10.00. The SMILES string of the molecule is CCCCC/C=C\C\C=C/C=C/C=C/[C@@H]1O[C@@]1(C)CCCC(=O)OC. The number of hydrogen-bond acceptors (Lipinski definition) is 3. The summed E-state index contributed by atoms with van der Waals surface area (Å²) in [7, 11) is 1.42. The van der Waals surface area contributed by atoms with Gasteiger partial charge in [-0.05, 0) is 39.0 Å². The van der Waals surface area contributed by atoms with Crippen molar-refractivity contribution < 1.29 is 14.3 Å². The molecule has 0 N–H and O–H groups in total. The van der Waals surface area contributed by atoms with Gasteiger partial charge >= 0.3 is 5.97 Å². The first-order valence-corrected chi connectivity index (χ1v) is 9.52. The molecule has 0 saturated carbocycles. The molecule has 3 nitrogen and oxygen atoms in total. The van der Waals surface area contributed by atoms with Gasteiger partial charge in [-0.2, -0.15) is 0 Å². The maximum absolute atomic E-state index is 11.1. The molecule has 0 radical (unpaired) electrons. The molecule has 0 aromatic carbocycles. The molecule has 25 heavy (non-hydrogen) atoms. The van der Waals surface area contributed by atoms with Crippen LogP contribution in [0.5, 0.6) is 0 Å². The normalized spacial score (nSPS) is 23.4. The van der Waals surface area contributed by atoms with Crippen molar-refractivity contribution in [3.63, 3.8) is 0 Å². The summed E-state index contributed by atoms with van der Waals surface area (Å²) in [6.07, 6.45) is 25.3. The number of ether oxygens (including phenoxy) is 2. The molecule has 0 spiro atoms. The van der Waals surface area contributed by atoms with Crippen molar-refractivity contribution in [3.05, 3.63) is 48.6 Å². The molecule has 1 rings (SSSR count). The number of carbonyl (C=O) groups is 1. The van der Waals surface area contributed by atoms with Gasteiger partial charge in [0.05, 0.1) is 12.7 Å². The van der Waals surface area contributed by atoms with E-state index in [0.29, 0.717) is 6.42 Å². The molecule has 0 bridgehead atoms. The minimum atomic E-state index is -0.151. The van der Waals surface area contributed by atoms with Gasteiger partial charge in [0, 0.05) is 6.42 Å². The fourth-order valence-corrected chi connectivity index (χ4v) is 2.64. The van der Waals surface area contributed by atoms with Gasteiger partial charge in [-0.25, -0.2) is 0 Å². The van der Waals surface area contributed by atoms with Gasteiger partial charge in [0.25, 0.3) is 0 Å². The van der Waals surface area contributed by atoms with Crippen LogP contribution in [0.3, 0.4) is 0 Å². The molecule has 140 valence electrons.